The molecule has 1 saturated heterocycles. The molecule has 0 spiro atoms. The topological polar surface area (TPSA) is 15.3 Å². The summed E-state index contributed by atoms with van der Waals surface area (Å²) in [7, 11) is 0. The summed E-state index contributed by atoms with van der Waals surface area (Å²) < 4.78 is 0. The van der Waals surface area contributed by atoms with Crippen LogP contribution in [0.4, 0.5) is 5.69 Å². The van der Waals surface area contributed by atoms with Crippen molar-refractivity contribution in [3.05, 3.63) is 24.3 Å². The van der Waals surface area contributed by atoms with Crippen molar-refractivity contribution in [1.29, 1.82) is 0 Å². The number of hydrogen-bond acceptors (Lipinski definition) is 3. The zero-order valence-corrected chi connectivity index (χ0v) is 13.2. The minimum Gasteiger partial charge on any atom is -0.371 e. The second-order valence-corrected chi connectivity index (χ2v) is 6.35. The van der Waals surface area contributed by atoms with Gasteiger partial charge in [0.2, 0.25) is 0 Å². The monoisotopic (exact) mass is 278 g/mol. The third-order valence-corrected chi connectivity index (χ3v) is 4.74. The summed E-state index contributed by atoms with van der Waals surface area (Å²) in [5.74, 6) is 0.723. The van der Waals surface area contributed by atoms with Gasteiger partial charge in [-0.25, -0.2) is 0 Å². The predicted octanol–water partition coefficient (Wildman–Crippen LogP) is 3.62. The van der Waals surface area contributed by atoms with Gasteiger partial charge in [0.1, 0.15) is 0 Å². The Hall–Kier alpha value is -0.670. The molecular weight excluding hydrogens is 252 g/mol. The summed E-state index contributed by atoms with van der Waals surface area (Å²) in [6.45, 7) is 8.09. The molecule has 106 valence electrons. The number of benzene rings is 1. The van der Waals surface area contributed by atoms with Crippen molar-refractivity contribution >= 4 is 17.4 Å². The first-order chi connectivity index (χ1) is 9.24. The van der Waals surface area contributed by atoms with Crippen LogP contribution in [-0.4, -0.2) is 31.9 Å². The number of hydrogen-bond donors (Lipinski definition) is 1. The van der Waals surface area contributed by atoms with E-state index in [-0.39, 0.29) is 0 Å². The molecule has 0 aliphatic carbocycles. The molecular formula is C16H26N2S. The molecule has 2 atom stereocenters. The second kappa shape index (κ2) is 7.20. The summed E-state index contributed by atoms with van der Waals surface area (Å²) in [5.41, 5.74) is 1.37. The molecule has 1 aromatic carbocycles. The van der Waals surface area contributed by atoms with Crippen LogP contribution in [0.1, 0.15) is 26.7 Å². The Kier molecular flexibility index (Phi) is 5.59. The lowest BCUT2D eigenvalue weighted by atomic mass is 9.93. The van der Waals surface area contributed by atoms with Gasteiger partial charge < -0.3 is 10.2 Å². The summed E-state index contributed by atoms with van der Waals surface area (Å²) in [4.78, 5) is 3.87. The lowest BCUT2D eigenvalue weighted by Gasteiger charge is -2.38. The molecule has 1 aromatic rings. The van der Waals surface area contributed by atoms with E-state index in [0.717, 1.165) is 12.5 Å². The third kappa shape index (κ3) is 3.90. The Balaban J connectivity index is 1.93. The van der Waals surface area contributed by atoms with E-state index in [4.69, 9.17) is 0 Å². The van der Waals surface area contributed by atoms with Crippen LogP contribution in [0.15, 0.2) is 29.2 Å². The summed E-state index contributed by atoms with van der Waals surface area (Å²) in [5, 5.41) is 3.68. The van der Waals surface area contributed by atoms with E-state index >= 15 is 0 Å². The van der Waals surface area contributed by atoms with Gasteiger partial charge in [0, 0.05) is 29.7 Å². The number of thioether (sulfide) groups is 1. The Morgan fingerprint density at radius 1 is 1.32 bits per heavy atom. The fourth-order valence-corrected chi connectivity index (χ4v) is 3.21. The highest BCUT2D eigenvalue weighted by Gasteiger charge is 2.25. The third-order valence-electron chi connectivity index (χ3n) is 4.00. The van der Waals surface area contributed by atoms with E-state index < -0.39 is 0 Å². The van der Waals surface area contributed by atoms with Crippen LogP contribution in [-0.2, 0) is 0 Å². The van der Waals surface area contributed by atoms with Gasteiger partial charge in [-0.15, -0.1) is 11.8 Å². The number of piperidine rings is 1. The number of nitrogens with one attached hydrogen (secondary N) is 1. The molecule has 0 radical (unpaired) electrons. The van der Waals surface area contributed by atoms with Crippen molar-refractivity contribution in [2.45, 2.75) is 37.6 Å². The fraction of sp³-hybridized carbons (Fsp3) is 0.625. The normalized spacial score (nSPS) is 23.6. The molecule has 3 heteroatoms. The molecule has 2 rings (SSSR count). The second-order valence-electron chi connectivity index (χ2n) is 5.47. The Morgan fingerprint density at radius 2 is 2.05 bits per heavy atom. The van der Waals surface area contributed by atoms with Gasteiger partial charge in [0.15, 0.2) is 0 Å². The lowest BCUT2D eigenvalue weighted by Crippen LogP contribution is -2.48. The van der Waals surface area contributed by atoms with E-state index in [9.17, 15) is 0 Å². The zero-order chi connectivity index (χ0) is 13.7. The first-order valence-corrected chi connectivity index (χ1v) is 8.59. The Bertz CT molecular complexity index is 377. The first kappa shape index (κ1) is 14.7. The zero-order valence-electron chi connectivity index (χ0n) is 12.4. The first-order valence-electron chi connectivity index (χ1n) is 7.37. The quantitative estimate of drug-likeness (QED) is 0.828. The van der Waals surface area contributed by atoms with Gasteiger partial charge in [0.25, 0.3) is 0 Å². The average molecular weight is 278 g/mol. The van der Waals surface area contributed by atoms with Crippen molar-refractivity contribution in [3.63, 3.8) is 0 Å². The highest BCUT2D eigenvalue weighted by atomic mass is 32.2. The van der Waals surface area contributed by atoms with Crippen LogP contribution >= 0.6 is 11.8 Å². The molecule has 0 amide bonds. The predicted molar refractivity (Wildman–Crippen MR) is 86.3 cm³/mol. The minimum atomic E-state index is 0.696. The summed E-state index contributed by atoms with van der Waals surface area (Å²) in [6, 6.07) is 9.68. The summed E-state index contributed by atoms with van der Waals surface area (Å²) >= 11 is 1.81. The van der Waals surface area contributed by atoms with E-state index in [2.05, 4.69) is 54.6 Å². The smallest absolute Gasteiger partial charge is 0.0367 e. The molecule has 19 heavy (non-hydrogen) atoms. The molecule has 1 fully saturated rings. The highest BCUT2D eigenvalue weighted by molar-refractivity contribution is 7.98. The van der Waals surface area contributed by atoms with Gasteiger partial charge in [-0.05, 0) is 55.8 Å². The minimum absolute atomic E-state index is 0.696. The molecule has 1 heterocycles. The van der Waals surface area contributed by atoms with Crippen LogP contribution in [0, 0.1) is 5.92 Å². The van der Waals surface area contributed by atoms with Crippen LogP contribution in [0.25, 0.3) is 0 Å². The molecule has 1 N–H and O–H groups in total. The van der Waals surface area contributed by atoms with E-state index in [1.807, 2.05) is 0 Å². The van der Waals surface area contributed by atoms with Crippen LogP contribution in [0.3, 0.4) is 0 Å². The molecule has 2 unspecified atom stereocenters. The van der Waals surface area contributed by atoms with E-state index in [0.29, 0.717) is 6.04 Å². The molecule has 1 aliphatic rings. The van der Waals surface area contributed by atoms with Gasteiger partial charge in [-0.1, -0.05) is 13.8 Å². The molecule has 0 aromatic heterocycles. The van der Waals surface area contributed by atoms with Crippen molar-refractivity contribution in [3.8, 4) is 0 Å². The number of nitrogens with zero attached hydrogens (tertiary/aromatic N) is 1. The van der Waals surface area contributed by atoms with Gasteiger partial charge >= 0.3 is 0 Å². The van der Waals surface area contributed by atoms with Gasteiger partial charge in [-0.3, -0.25) is 0 Å². The maximum atomic E-state index is 3.68. The van der Waals surface area contributed by atoms with Gasteiger partial charge in [-0.2, -0.15) is 0 Å². The number of rotatable bonds is 5. The van der Waals surface area contributed by atoms with Gasteiger partial charge in [0.05, 0.1) is 0 Å². The van der Waals surface area contributed by atoms with Crippen molar-refractivity contribution in [1.82, 2.24) is 5.32 Å². The fourth-order valence-electron chi connectivity index (χ4n) is 2.81. The Labute approximate surface area is 122 Å². The van der Waals surface area contributed by atoms with Crippen molar-refractivity contribution < 1.29 is 0 Å². The lowest BCUT2D eigenvalue weighted by molar-refractivity contribution is 0.322. The van der Waals surface area contributed by atoms with Crippen molar-refractivity contribution in [2.75, 3.05) is 30.8 Å². The Morgan fingerprint density at radius 3 is 2.63 bits per heavy atom. The van der Waals surface area contributed by atoms with Crippen LogP contribution in [0.2, 0.25) is 0 Å². The molecule has 0 bridgehead atoms. The average Bonchev–Trinajstić information content (AvgIpc) is 2.46. The maximum Gasteiger partial charge on any atom is 0.0367 e. The highest BCUT2D eigenvalue weighted by Crippen LogP contribution is 2.25. The largest absolute Gasteiger partial charge is 0.371 e. The van der Waals surface area contributed by atoms with Crippen molar-refractivity contribution in [2.24, 2.45) is 5.92 Å². The van der Waals surface area contributed by atoms with E-state index in [1.54, 1.807) is 11.8 Å². The molecule has 0 saturated carbocycles. The van der Waals surface area contributed by atoms with Crippen LogP contribution in [0.5, 0.6) is 0 Å². The summed E-state index contributed by atoms with van der Waals surface area (Å²) in [6.07, 6.45) is 4.61. The standard InChI is InChI=1S/C16H26N2S/c1-4-10-17-16-9-11-18(12-13(16)2)14-5-7-15(19-3)8-6-14/h5-8,13,16-17H,4,9-12H2,1-3H3. The number of anilines is 1. The van der Waals surface area contributed by atoms with Crippen LogP contribution < -0.4 is 10.2 Å². The molecule has 2 nitrogen and oxygen atoms in total. The SMILES string of the molecule is CCCNC1CCN(c2ccc(SC)cc2)CC1C. The van der Waals surface area contributed by atoms with E-state index in [1.165, 1.54) is 36.5 Å². The molecule has 1 aliphatic heterocycles. The maximum absolute atomic E-state index is 3.68.